The Kier molecular flexibility index (Phi) is 15.0. The van der Waals surface area contributed by atoms with Gasteiger partial charge in [0.1, 0.15) is 0 Å². The number of unbranched alkanes of at least 4 members (excludes halogenated alkanes) is 8. The molecule has 0 N–H and O–H groups in total. The van der Waals surface area contributed by atoms with Crippen LogP contribution in [0.5, 0.6) is 0 Å². The highest BCUT2D eigenvalue weighted by atomic mass is 13.9. The first kappa shape index (κ1) is 16.5. The van der Waals surface area contributed by atoms with Crippen LogP contribution in [0.3, 0.4) is 0 Å². The highest BCUT2D eigenvalue weighted by Gasteiger charge is 1.87. The average Bonchev–Trinajstić information content (AvgIpc) is 2.35. The Labute approximate surface area is 109 Å². The van der Waals surface area contributed by atoms with Crippen molar-refractivity contribution in [3.8, 4) is 0 Å². The van der Waals surface area contributed by atoms with E-state index in [4.69, 9.17) is 0 Å². The molecule has 0 spiro atoms. The maximum atomic E-state index is 3.84. The molecule has 1 radical (unpaired) electrons. The van der Waals surface area contributed by atoms with Crippen LogP contribution >= 0.6 is 0 Å². The van der Waals surface area contributed by atoms with Gasteiger partial charge in [-0.1, -0.05) is 63.8 Å². The van der Waals surface area contributed by atoms with Crippen molar-refractivity contribution < 1.29 is 0 Å². The summed E-state index contributed by atoms with van der Waals surface area (Å²) in [5, 5.41) is 0. The van der Waals surface area contributed by atoms with Crippen molar-refractivity contribution in [2.45, 2.75) is 77.6 Å². The van der Waals surface area contributed by atoms with Crippen LogP contribution in [0.15, 0.2) is 24.3 Å². The zero-order valence-electron chi connectivity index (χ0n) is 11.8. The molecule has 0 atom stereocenters. The quantitative estimate of drug-likeness (QED) is 0.277. The minimum absolute atomic E-state index is 1.07. The molecule has 0 heterocycles. The first-order valence-electron chi connectivity index (χ1n) is 7.51. The minimum atomic E-state index is 1.07. The SMILES string of the molecule is [CH2]CCC/C=C/CCCCCC/C=C/CCC. The molecule has 0 bridgehead atoms. The van der Waals surface area contributed by atoms with Gasteiger partial charge in [0, 0.05) is 0 Å². The molecule has 0 amide bonds. The fourth-order valence-corrected chi connectivity index (χ4v) is 1.78. The Hall–Kier alpha value is -0.520. The molecule has 0 saturated carbocycles. The van der Waals surface area contributed by atoms with E-state index >= 15 is 0 Å². The summed E-state index contributed by atoms with van der Waals surface area (Å²) in [5.41, 5.74) is 0. The van der Waals surface area contributed by atoms with Crippen molar-refractivity contribution in [2.24, 2.45) is 0 Å². The van der Waals surface area contributed by atoms with Crippen LogP contribution in [0.25, 0.3) is 0 Å². The molecule has 0 aromatic heterocycles. The van der Waals surface area contributed by atoms with Crippen LogP contribution < -0.4 is 0 Å². The highest BCUT2D eigenvalue weighted by molar-refractivity contribution is 4.82. The summed E-state index contributed by atoms with van der Waals surface area (Å²) in [6.07, 6.45) is 23.4. The van der Waals surface area contributed by atoms with Gasteiger partial charge in [-0.05, 0) is 44.9 Å². The average molecular weight is 235 g/mol. The number of allylic oxidation sites excluding steroid dienone is 4. The molecule has 0 rings (SSSR count). The predicted octanol–water partition coefficient (Wildman–Crippen LogP) is 6.24. The third-order valence-electron chi connectivity index (χ3n) is 2.90. The van der Waals surface area contributed by atoms with Crippen LogP contribution in [-0.4, -0.2) is 0 Å². The summed E-state index contributed by atoms with van der Waals surface area (Å²) in [6, 6.07) is 0. The van der Waals surface area contributed by atoms with Crippen LogP contribution in [-0.2, 0) is 0 Å². The fourth-order valence-electron chi connectivity index (χ4n) is 1.78. The molecule has 0 aliphatic carbocycles. The topological polar surface area (TPSA) is 0 Å². The molecular formula is C17H31. The monoisotopic (exact) mass is 235 g/mol. The Morgan fingerprint density at radius 3 is 1.59 bits per heavy atom. The molecule has 0 aromatic rings. The maximum absolute atomic E-state index is 3.84. The summed E-state index contributed by atoms with van der Waals surface area (Å²) < 4.78 is 0. The van der Waals surface area contributed by atoms with E-state index in [0.29, 0.717) is 0 Å². The van der Waals surface area contributed by atoms with Gasteiger partial charge in [0.05, 0.1) is 0 Å². The van der Waals surface area contributed by atoms with Crippen molar-refractivity contribution in [2.75, 3.05) is 0 Å². The predicted molar refractivity (Wildman–Crippen MR) is 80.1 cm³/mol. The van der Waals surface area contributed by atoms with E-state index in [-0.39, 0.29) is 0 Å². The molecule has 0 fully saturated rings. The largest absolute Gasteiger partial charge is 0.0885 e. The van der Waals surface area contributed by atoms with Crippen molar-refractivity contribution in [1.29, 1.82) is 0 Å². The lowest BCUT2D eigenvalue weighted by Gasteiger charge is -1.97. The van der Waals surface area contributed by atoms with Gasteiger partial charge in [-0.25, -0.2) is 0 Å². The Morgan fingerprint density at radius 1 is 0.647 bits per heavy atom. The van der Waals surface area contributed by atoms with Crippen LogP contribution in [0.1, 0.15) is 77.6 Å². The van der Waals surface area contributed by atoms with Gasteiger partial charge in [0.2, 0.25) is 0 Å². The molecule has 0 unspecified atom stereocenters. The van der Waals surface area contributed by atoms with Crippen molar-refractivity contribution >= 4 is 0 Å². The Balaban J connectivity index is 3.05. The van der Waals surface area contributed by atoms with Gasteiger partial charge in [-0.3, -0.25) is 0 Å². The van der Waals surface area contributed by atoms with E-state index in [0.717, 1.165) is 6.42 Å². The van der Waals surface area contributed by atoms with Crippen molar-refractivity contribution in [1.82, 2.24) is 0 Å². The molecule has 0 aromatic carbocycles. The highest BCUT2D eigenvalue weighted by Crippen LogP contribution is 2.07. The lowest BCUT2D eigenvalue weighted by Crippen LogP contribution is -1.77. The zero-order valence-corrected chi connectivity index (χ0v) is 11.8. The van der Waals surface area contributed by atoms with E-state index < -0.39 is 0 Å². The zero-order chi connectivity index (χ0) is 12.6. The second-order valence-electron chi connectivity index (χ2n) is 4.72. The molecule has 0 aliphatic heterocycles. The third-order valence-corrected chi connectivity index (χ3v) is 2.90. The van der Waals surface area contributed by atoms with Gasteiger partial charge in [-0.15, -0.1) is 0 Å². The molecule has 0 nitrogen and oxygen atoms in total. The Bertz CT molecular complexity index is 176. The summed E-state index contributed by atoms with van der Waals surface area (Å²) in [7, 11) is 0. The number of hydrogen-bond donors (Lipinski definition) is 0. The number of hydrogen-bond acceptors (Lipinski definition) is 0. The van der Waals surface area contributed by atoms with Gasteiger partial charge in [-0.2, -0.15) is 0 Å². The van der Waals surface area contributed by atoms with Gasteiger partial charge in [0.15, 0.2) is 0 Å². The molecule has 0 heteroatoms. The second kappa shape index (κ2) is 15.5. The van der Waals surface area contributed by atoms with Gasteiger partial charge in [0.25, 0.3) is 0 Å². The Morgan fingerprint density at radius 2 is 1.12 bits per heavy atom. The van der Waals surface area contributed by atoms with Crippen molar-refractivity contribution in [3.63, 3.8) is 0 Å². The van der Waals surface area contributed by atoms with E-state index in [1.807, 2.05) is 0 Å². The van der Waals surface area contributed by atoms with E-state index in [1.54, 1.807) is 0 Å². The first-order chi connectivity index (χ1) is 8.41. The lowest BCUT2D eigenvalue weighted by molar-refractivity contribution is 0.651. The normalized spacial score (nSPS) is 11.9. The van der Waals surface area contributed by atoms with E-state index in [9.17, 15) is 0 Å². The summed E-state index contributed by atoms with van der Waals surface area (Å²) >= 11 is 0. The smallest absolute Gasteiger partial charge is 0.0351 e. The van der Waals surface area contributed by atoms with Gasteiger partial charge >= 0.3 is 0 Å². The van der Waals surface area contributed by atoms with Gasteiger partial charge < -0.3 is 0 Å². The van der Waals surface area contributed by atoms with E-state index in [2.05, 4.69) is 38.2 Å². The first-order valence-corrected chi connectivity index (χ1v) is 7.51. The third kappa shape index (κ3) is 15.5. The van der Waals surface area contributed by atoms with E-state index in [1.165, 1.54) is 64.2 Å². The van der Waals surface area contributed by atoms with Crippen LogP contribution in [0, 0.1) is 6.92 Å². The second-order valence-corrected chi connectivity index (χ2v) is 4.72. The summed E-state index contributed by atoms with van der Waals surface area (Å²) in [6.45, 7) is 6.07. The molecule has 0 aliphatic rings. The van der Waals surface area contributed by atoms with Crippen LogP contribution in [0.4, 0.5) is 0 Å². The van der Waals surface area contributed by atoms with Crippen molar-refractivity contribution in [3.05, 3.63) is 31.2 Å². The minimum Gasteiger partial charge on any atom is -0.0885 e. The summed E-state index contributed by atoms with van der Waals surface area (Å²) in [4.78, 5) is 0. The maximum Gasteiger partial charge on any atom is -0.0351 e. The molecule has 99 valence electrons. The van der Waals surface area contributed by atoms with Crippen LogP contribution in [0.2, 0.25) is 0 Å². The fraction of sp³-hybridized carbons (Fsp3) is 0.706. The lowest BCUT2D eigenvalue weighted by atomic mass is 10.1. The molecule has 0 saturated heterocycles. The standard InChI is InChI=1S/C17H31/c1-3-5-7-9-11-13-15-17-16-14-12-10-8-6-4-2/h8-11H,1,3-7,12-17H2,2H3/b10-8+,11-9+. The molecule has 17 heavy (non-hydrogen) atoms. The summed E-state index contributed by atoms with van der Waals surface area (Å²) in [5.74, 6) is 0. The number of rotatable bonds is 12. The molecular weight excluding hydrogens is 204 g/mol.